The Kier molecular flexibility index (Phi) is 3.22. The molecule has 0 saturated heterocycles. The standard InChI is InChI=1S/C14H9BrF2N2S/c1-7-2-8(16)4-9(3-7)19-13-5-10(15)11(17)6-12(13)18-14(19)20/h2-6H,1H3,(H,18,20). The van der Waals surface area contributed by atoms with Crippen molar-refractivity contribution in [1.82, 2.24) is 9.55 Å². The average molecular weight is 355 g/mol. The molecule has 0 spiro atoms. The molecule has 3 rings (SSSR count). The van der Waals surface area contributed by atoms with Gasteiger partial charge >= 0.3 is 0 Å². The molecule has 6 heteroatoms. The summed E-state index contributed by atoms with van der Waals surface area (Å²) in [5.41, 5.74) is 2.65. The molecule has 2 nitrogen and oxygen atoms in total. The summed E-state index contributed by atoms with van der Waals surface area (Å²) in [6.07, 6.45) is 0. The fourth-order valence-electron chi connectivity index (χ4n) is 2.20. The molecule has 20 heavy (non-hydrogen) atoms. The highest BCUT2D eigenvalue weighted by Crippen LogP contribution is 2.26. The van der Waals surface area contributed by atoms with Crippen molar-refractivity contribution in [1.29, 1.82) is 0 Å². The molecule has 0 unspecified atom stereocenters. The highest BCUT2D eigenvalue weighted by atomic mass is 79.9. The number of rotatable bonds is 1. The van der Waals surface area contributed by atoms with E-state index in [4.69, 9.17) is 12.2 Å². The van der Waals surface area contributed by atoms with E-state index in [1.807, 2.05) is 6.07 Å². The van der Waals surface area contributed by atoms with Crippen molar-refractivity contribution in [3.05, 3.63) is 56.8 Å². The Labute approximate surface area is 127 Å². The minimum atomic E-state index is -0.378. The summed E-state index contributed by atoms with van der Waals surface area (Å²) in [4.78, 5) is 2.93. The Morgan fingerprint density at radius 3 is 2.60 bits per heavy atom. The maximum absolute atomic E-state index is 13.6. The van der Waals surface area contributed by atoms with E-state index in [2.05, 4.69) is 20.9 Å². The van der Waals surface area contributed by atoms with Crippen molar-refractivity contribution in [2.24, 2.45) is 0 Å². The normalized spacial score (nSPS) is 11.2. The van der Waals surface area contributed by atoms with E-state index < -0.39 is 0 Å². The summed E-state index contributed by atoms with van der Waals surface area (Å²) in [5.74, 6) is -0.714. The van der Waals surface area contributed by atoms with Gasteiger partial charge in [-0.3, -0.25) is 4.57 Å². The number of aromatic amines is 1. The molecule has 0 aliphatic heterocycles. The third kappa shape index (κ3) is 2.19. The van der Waals surface area contributed by atoms with E-state index in [1.54, 1.807) is 17.6 Å². The van der Waals surface area contributed by atoms with Crippen LogP contribution in [0.5, 0.6) is 0 Å². The number of nitrogens with zero attached hydrogens (tertiary/aromatic N) is 1. The molecular formula is C14H9BrF2N2S. The lowest BCUT2D eigenvalue weighted by molar-refractivity contribution is 0.622. The lowest BCUT2D eigenvalue weighted by Gasteiger charge is -2.06. The van der Waals surface area contributed by atoms with Crippen LogP contribution in [0.1, 0.15) is 5.56 Å². The lowest BCUT2D eigenvalue weighted by Crippen LogP contribution is -1.96. The molecule has 102 valence electrons. The summed E-state index contributed by atoms with van der Waals surface area (Å²) in [5, 5.41) is 0. The SMILES string of the molecule is Cc1cc(F)cc(-n2c(=S)[nH]c3cc(F)c(Br)cc32)c1. The number of aryl methyl sites for hydroxylation is 1. The van der Waals surface area contributed by atoms with E-state index in [-0.39, 0.29) is 11.6 Å². The molecule has 0 bridgehead atoms. The molecule has 1 N–H and O–H groups in total. The summed E-state index contributed by atoms with van der Waals surface area (Å²) >= 11 is 8.41. The third-order valence-corrected chi connectivity index (χ3v) is 3.90. The van der Waals surface area contributed by atoms with E-state index in [0.717, 1.165) is 5.56 Å². The summed E-state index contributed by atoms with van der Waals surface area (Å²) in [6.45, 7) is 1.81. The zero-order valence-corrected chi connectivity index (χ0v) is 12.8. The quantitative estimate of drug-likeness (QED) is 0.607. The van der Waals surface area contributed by atoms with Gasteiger partial charge in [0.15, 0.2) is 4.77 Å². The van der Waals surface area contributed by atoms with E-state index in [0.29, 0.717) is 26.0 Å². The van der Waals surface area contributed by atoms with Gasteiger partial charge in [0, 0.05) is 6.07 Å². The number of halogens is 3. The summed E-state index contributed by atoms with van der Waals surface area (Å²) < 4.78 is 29.5. The van der Waals surface area contributed by atoms with Gasteiger partial charge in [-0.2, -0.15) is 0 Å². The van der Waals surface area contributed by atoms with Crippen LogP contribution in [0.15, 0.2) is 34.8 Å². The second-order valence-corrected chi connectivity index (χ2v) is 5.78. The van der Waals surface area contributed by atoms with Crippen LogP contribution in [-0.4, -0.2) is 9.55 Å². The van der Waals surface area contributed by atoms with Crippen LogP contribution in [0.3, 0.4) is 0 Å². The molecule has 1 aromatic heterocycles. The predicted molar refractivity (Wildman–Crippen MR) is 80.8 cm³/mol. The van der Waals surface area contributed by atoms with Gasteiger partial charge in [-0.15, -0.1) is 0 Å². The van der Waals surface area contributed by atoms with Crippen molar-refractivity contribution in [2.45, 2.75) is 6.92 Å². The minimum absolute atomic E-state index is 0.334. The van der Waals surface area contributed by atoms with Gasteiger partial charge in [-0.05, 0) is 64.9 Å². The van der Waals surface area contributed by atoms with Crippen molar-refractivity contribution in [3.8, 4) is 5.69 Å². The number of hydrogen-bond donors (Lipinski definition) is 1. The zero-order valence-electron chi connectivity index (χ0n) is 10.4. The second-order valence-electron chi connectivity index (χ2n) is 4.54. The van der Waals surface area contributed by atoms with Crippen LogP contribution >= 0.6 is 28.1 Å². The molecular weight excluding hydrogens is 346 g/mol. The fourth-order valence-corrected chi connectivity index (χ4v) is 2.85. The number of benzene rings is 2. The average Bonchev–Trinajstić information content (AvgIpc) is 2.64. The molecule has 3 aromatic rings. The maximum Gasteiger partial charge on any atom is 0.182 e. The number of fused-ring (bicyclic) bond motifs is 1. The van der Waals surface area contributed by atoms with Crippen LogP contribution in [0, 0.1) is 23.3 Å². The van der Waals surface area contributed by atoms with Crippen molar-refractivity contribution < 1.29 is 8.78 Å². The van der Waals surface area contributed by atoms with E-state index in [1.165, 1.54) is 18.2 Å². The first-order valence-electron chi connectivity index (χ1n) is 5.83. The lowest BCUT2D eigenvalue weighted by atomic mass is 10.2. The fraction of sp³-hybridized carbons (Fsp3) is 0.0714. The first-order chi connectivity index (χ1) is 9.45. The Bertz CT molecular complexity index is 862. The highest BCUT2D eigenvalue weighted by molar-refractivity contribution is 9.10. The van der Waals surface area contributed by atoms with Crippen LogP contribution in [0.4, 0.5) is 8.78 Å². The first-order valence-corrected chi connectivity index (χ1v) is 7.03. The first kappa shape index (κ1) is 13.5. The van der Waals surface area contributed by atoms with Gasteiger partial charge in [0.1, 0.15) is 11.6 Å². The maximum atomic E-state index is 13.6. The molecule has 0 amide bonds. The molecule has 0 atom stereocenters. The predicted octanol–water partition coefficient (Wildman–Crippen LogP) is 5.04. The second kappa shape index (κ2) is 4.79. The van der Waals surface area contributed by atoms with Gasteiger partial charge in [-0.25, -0.2) is 8.78 Å². The van der Waals surface area contributed by atoms with E-state index >= 15 is 0 Å². The van der Waals surface area contributed by atoms with Crippen LogP contribution in [0.2, 0.25) is 0 Å². The van der Waals surface area contributed by atoms with Crippen molar-refractivity contribution >= 4 is 39.2 Å². The Morgan fingerprint density at radius 1 is 1.15 bits per heavy atom. The monoisotopic (exact) mass is 354 g/mol. The number of nitrogens with one attached hydrogen (secondary N) is 1. The topological polar surface area (TPSA) is 20.7 Å². The number of aromatic nitrogens is 2. The Balaban J connectivity index is 2.38. The Hall–Kier alpha value is -1.53. The van der Waals surface area contributed by atoms with Gasteiger partial charge < -0.3 is 4.98 Å². The third-order valence-electron chi connectivity index (χ3n) is 3.01. The van der Waals surface area contributed by atoms with Crippen molar-refractivity contribution in [3.63, 3.8) is 0 Å². The van der Waals surface area contributed by atoms with E-state index in [9.17, 15) is 8.78 Å². The molecule has 1 heterocycles. The molecule has 0 fully saturated rings. The molecule has 0 radical (unpaired) electrons. The van der Waals surface area contributed by atoms with Crippen LogP contribution in [0.25, 0.3) is 16.7 Å². The van der Waals surface area contributed by atoms with Gasteiger partial charge in [0.2, 0.25) is 0 Å². The van der Waals surface area contributed by atoms with Crippen molar-refractivity contribution in [2.75, 3.05) is 0 Å². The summed E-state index contributed by atoms with van der Waals surface area (Å²) in [7, 11) is 0. The Morgan fingerprint density at radius 2 is 1.90 bits per heavy atom. The van der Waals surface area contributed by atoms with Crippen LogP contribution < -0.4 is 0 Å². The molecule has 2 aromatic carbocycles. The smallest absolute Gasteiger partial charge is 0.182 e. The zero-order chi connectivity index (χ0) is 14.4. The van der Waals surface area contributed by atoms with Gasteiger partial charge in [-0.1, -0.05) is 0 Å². The number of imidazole rings is 1. The number of hydrogen-bond acceptors (Lipinski definition) is 1. The van der Waals surface area contributed by atoms with Crippen LogP contribution in [-0.2, 0) is 0 Å². The molecule has 0 aliphatic carbocycles. The summed E-state index contributed by atoms with van der Waals surface area (Å²) in [6, 6.07) is 7.64. The molecule has 0 saturated carbocycles. The van der Waals surface area contributed by atoms with Gasteiger partial charge in [0.25, 0.3) is 0 Å². The molecule has 0 aliphatic rings. The number of H-pyrrole nitrogens is 1. The largest absolute Gasteiger partial charge is 0.330 e. The minimum Gasteiger partial charge on any atom is -0.330 e. The van der Waals surface area contributed by atoms with Gasteiger partial charge in [0.05, 0.1) is 21.2 Å². The highest BCUT2D eigenvalue weighted by Gasteiger charge is 2.11.